The van der Waals surface area contributed by atoms with Crippen molar-refractivity contribution in [2.75, 3.05) is 7.05 Å². The predicted octanol–water partition coefficient (Wildman–Crippen LogP) is 2.31. The maximum Gasteiger partial charge on any atom is 0.318 e. The molecule has 2 aromatic rings. The minimum Gasteiger partial charge on any atom is -0.361 e. The van der Waals surface area contributed by atoms with Gasteiger partial charge in [-0.2, -0.15) is 0 Å². The van der Waals surface area contributed by atoms with Crippen molar-refractivity contribution < 1.29 is 9.32 Å². The number of nitrogens with one attached hydrogen (secondary N) is 2. The van der Waals surface area contributed by atoms with Crippen LogP contribution in [0.25, 0.3) is 0 Å². The molecule has 0 fully saturated rings. The van der Waals surface area contributed by atoms with Gasteiger partial charge in [-0.05, 0) is 20.3 Å². The Hall–Kier alpha value is -2.31. The Balaban J connectivity index is 1.95. The summed E-state index contributed by atoms with van der Waals surface area (Å²) < 4.78 is 5.00. The lowest BCUT2D eigenvalue weighted by Crippen LogP contribution is -2.39. The van der Waals surface area contributed by atoms with E-state index in [0.29, 0.717) is 6.54 Å². The molecule has 0 aliphatic rings. The van der Waals surface area contributed by atoms with E-state index in [2.05, 4.69) is 20.4 Å². The molecule has 2 rings (SSSR count). The Morgan fingerprint density at radius 3 is 2.81 bits per heavy atom. The van der Waals surface area contributed by atoms with Crippen molar-refractivity contribution in [3.8, 4) is 0 Å². The molecule has 2 heterocycles. The van der Waals surface area contributed by atoms with Crippen molar-refractivity contribution in [3.05, 3.63) is 35.2 Å². The smallest absolute Gasteiger partial charge is 0.318 e. The lowest BCUT2D eigenvalue weighted by atomic mass is 10.2. The third-order valence-electron chi connectivity index (χ3n) is 3.18. The number of H-pyrrole nitrogens is 1. The summed E-state index contributed by atoms with van der Waals surface area (Å²) in [5, 5.41) is 6.84. The first kappa shape index (κ1) is 15.1. The Kier molecular flexibility index (Phi) is 4.62. The Labute approximate surface area is 123 Å². The number of rotatable bonds is 5. The monoisotopic (exact) mass is 291 g/mol. The number of carbonyl (C=O) groups excluding carboxylic acids is 1. The molecule has 0 aliphatic carbocycles. The zero-order chi connectivity index (χ0) is 15.4. The van der Waals surface area contributed by atoms with Gasteiger partial charge in [0.2, 0.25) is 0 Å². The second-order valence-corrected chi connectivity index (χ2v) is 5.15. The average molecular weight is 291 g/mol. The molecule has 2 N–H and O–H groups in total. The first-order chi connectivity index (χ1) is 9.99. The summed E-state index contributed by atoms with van der Waals surface area (Å²) in [5.41, 5.74) is 1.70. The second kappa shape index (κ2) is 6.43. The van der Waals surface area contributed by atoms with E-state index in [-0.39, 0.29) is 12.1 Å². The van der Waals surface area contributed by atoms with E-state index in [0.717, 1.165) is 29.4 Å². The molecule has 0 bridgehead atoms. The van der Waals surface area contributed by atoms with E-state index in [9.17, 15) is 4.79 Å². The number of aromatic amines is 1. The van der Waals surface area contributed by atoms with E-state index in [1.807, 2.05) is 26.8 Å². The fourth-order valence-corrected chi connectivity index (χ4v) is 2.04. The zero-order valence-corrected chi connectivity index (χ0v) is 12.8. The van der Waals surface area contributed by atoms with Gasteiger partial charge in [0.05, 0.1) is 12.6 Å². The van der Waals surface area contributed by atoms with Gasteiger partial charge in [0.25, 0.3) is 0 Å². The van der Waals surface area contributed by atoms with Crippen molar-refractivity contribution in [1.29, 1.82) is 0 Å². The molecule has 0 aromatic carbocycles. The topological polar surface area (TPSA) is 87.1 Å². The summed E-state index contributed by atoms with van der Waals surface area (Å²) >= 11 is 0. The van der Waals surface area contributed by atoms with Crippen LogP contribution in [0.3, 0.4) is 0 Å². The van der Waals surface area contributed by atoms with Crippen LogP contribution in [0.1, 0.15) is 42.4 Å². The molecule has 7 nitrogen and oxygen atoms in total. The molecule has 0 saturated heterocycles. The molecule has 1 atom stereocenters. The molecular weight excluding hydrogens is 270 g/mol. The van der Waals surface area contributed by atoms with E-state index < -0.39 is 0 Å². The fraction of sp³-hybridized carbons (Fsp3) is 0.500. The summed E-state index contributed by atoms with van der Waals surface area (Å²) in [6.07, 6.45) is 2.52. The van der Waals surface area contributed by atoms with Gasteiger partial charge in [0, 0.05) is 25.0 Å². The third kappa shape index (κ3) is 3.84. The summed E-state index contributed by atoms with van der Waals surface area (Å²) in [6, 6.07) is 1.51. The van der Waals surface area contributed by atoms with E-state index in [4.69, 9.17) is 4.52 Å². The van der Waals surface area contributed by atoms with Crippen molar-refractivity contribution >= 4 is 6.03 Å². The van der Waals surface area contributed by atoms with Crippen LogP contribution in [0.15, 0.2) is 16.8 Å². The molecule has 2 amide bonds. The number of urea groups is 1. The average Bonchev–Trinajstić information content (AvgIpc) is 3.04. The van der Waals surface area contributed by atoms with Crippen molar-refractivity contribution in [2.45, 2.75) is 39.8 Å². The normalized spacial score (nSPS) is 12.2. The van der Waals surface area contributed by atoms with E-state index >= 15 is 0 Å². The lowest BCUT2D eigenvalue weighted by Gasteiger charge is -2.21. The van der Waals surface area contributed by atoms with Gasteiger partial charge < -0.3 is 19.7 Å². The highest BCUT2D eigenvalue weighted by molar-refractivity contribution is 5.74. The minimum absolute atomic E-state index is 0.132. The van der Waals surface area contributed by atoms with Crippen molar-refractivity contribution in [2.24, 2.45) is 0 Å². The summed E-state index contributed by atoms with van der Waals surface area (Å²) in [6.45, 7) is 6.16. The molecule has 2 aromatic heterocycles. The Bertz CT molecular complexity index is 604. The fourth-order valence-electron chi connectivity index (χ4n) is 2.04. The molecule has 0 radical (unpaired) electrons. The largest absolute Gasteiger partial charge is 0.361 e. The Morgan fingerprint density at radius 2 is 2.29 bits per heavy atom. The molecular formula is C14H21N5O2. The molecule has 0 aliphatic heterocycles. The summed E-state index contributed by atoms with van der Waals surface area (Å²) in [7, 11) is 1.72. The van der Waals surface area contributed by atoms with Crippen LogP contribution >= 0.6 is 0 Å². The highest BCUT2D eigenvalue weighted by Crippen LogP contribution is 2.13. The van der Waals surface area contributed by atoms with Crippen LogP contribution in [0, 0.1) is 13.8 Å². The number of imidazole rings is 1. The Morgan fingerprint density at radius 1 is 1.52 bits per heavy atom. The maximum absolute atomic E-state index is 12.2. The molecule has 0 saturated carbocycles. The first-order valence-electron chi connectivity index (χ1n) is 6.95. The number of amides is 2. The molecule has 21 heavy (non-hydrogen) atoms. The number of aromatic nitrogens is 3. The number of hydrogen-bond donors (Lipinski definition) is 2. The van der Waals surface area contributed by atoms with Gasteiger partial charge in [-0.3, -0.25) is 0 Å². The molecule has 114 valence electrons. The molecule has 0 unspecified atom stereocenters. The first-order valence-corrected chi connectivity index (χ1v) is 6.95. The highest BCUT2D eigenvalue weighted by atomic mass is 16.5. The van der Waals surface area contributed by atoms with Crippen LogP contribution in [0.2, 0.25) is 0 Å². The van der Waals surface area contributed by atoms with E-state index in [1.54, 1.807) is 18.1 Å². The van der Waals surface area contributed by atoms with Crippen LogP contribution in [0.4, 0.5) is 4.79 Å². The summed E-state index contributed by atoms with van der Waals surface area (Å²) in [5.74, 6) is 1.50. The van der Waals surface area contributed by atoms with Crippen molar-refractivity contribution in [1.82, 2.24) is 25.3 Å². The second-order valence-electron chi connectivity index (χ2n) is 5.15. The van der Waals surface area contributed by atoms with Crippen LogP contribution < -0.4 is 5.32 Å². The predicted molar refractivity (Wildman–Crippen MR) is 77.6 cm³/mol. The van der Waals surface area contributed by atoms with Gasteiger partial charge in [0.1, 0.15) is 17.3 Å². The lowest BCUT2D eigenvalue weighted by molar-refractivity contribution is 0.200. The van der Waals surface area contributed by atoms with Gasteiger partial charge in [0.15, 0.2) is 0 Å². The van der Waals surface area contributed by atoms with Gasteiger partial charge in [-0.15, -0.1) is 0 Å². The molecule has 0 spiro atoms. The minimum atomic E-state index is -0.170. The summed E-state index contributed by atoms with van der Waals surface area (Å²) in [4.78, 5) is 21.2. The van der Waals surface area contributed by atoms with E-state index in [1.165, 1.54) is 0 Å². The quantitative estimate of drug-likeness (QED) is 0.885. The van der Waals surface area contributed by atoms with Gasteiger partial charge >= 0.3 is 6.03 Å². The van der Waals surface area contributed by atoms with Gasteiger partial charge in [-0.1, -0.05) is 12.1 Å². The standard InChI is InChI=1S/C14H21N5O2/c1-5-12(13-15-7-9(2)16-13)17-14(20)19(4)8-11-6-10(3)21-18-11/h6-7,12H,5,8H2,1-4H3,(H,15,16)(H,17,20)/t12-/m1/s1. The van der Waals surface area contributed by atoms with Crippen LogP contribution in [0.5, 0.6) is 0 Å². The van der Waals surface area contributed by atoms with Crippen LogP contribution in [-0.4, -0.2) is 33.1 Å². The zero-order valence-electron chi connectivity index (χ0n) is 12.8. The third-order valence-corrected chi connectivity index (χ3v) is 3.18. The highest BCUT2D eigenvalue weighted by Gasteiger charge is 2.18. The number of aryl methyl sites for hydroxylation is 2. The molecule has 7 heteroatoms. The number of hydrogen-bond acceptors (Lipinski definition) is 4. The number of nitrogens with zero attached hydrogens (tertiary/aromatic N) is 3. The SMILES string of the molecule is CC[C@@H](NC(=O)N(C)Cc1cc(C)on1)c1ncc(C)[nH]1. The number of carbonyl (C=O) groups is 1. The van der Waals surface area contributed by atoms with Gasteiger partial charge in [-0.25, -0.2) is 9.78 Å². The maximum atomic E-state index is 12.2. The van der Waals surface area contributed by atoms with Crippen LogP contribution in [-0.2, 0) is 6.54 Å². The van der Waals surface area contributed by atoms with Crippen molar-refractivity contribution in [3.63, 3.8) is 0 Å².